The maximum atomic E-state index is 6.98. The standard InChI is InChI=1S/C19H19NS/c1-15(18-13-8-14-21-18)19(20,16-9-4-2-5-10-16)17-11-6-3-7-12-17/h2-15H,20H2,1H3. The molecule has 2 N–H and O–H groups in total. The molecule has 0 spiro atoms. The van der Waals surface area contributed by atoms with Crippen LogP contribution in [0, 0.1) is 0 Å². The van der Waals surface area contributed by atoms with E-state index in [1.54, 1.807) is 11.3 Å². The summed E-state index contributed by atoms with van der Waals surface area (Å²) in [6, 6.07) is 25.0. The normalized spacial score (nSPS) is 13.0. The van der Waals surface area contributed by atoms with Gasteiger partial charge < -0.3 is 5.73 Å². The molecule has 0 aliphatic carbocycles. The molecule has 21 heavy (non-hydrogen) atoms. The molecule has 2 aromatic carbocycles. The molecule has 2 heteroatoms. The van der Waals surface area contributed by atoms with Gasteiger partial charge in [0.2, 0.25) is 0 Å². The summed E-state index contributed by atoms with van der Waals surface area (Å²) in [5, 5.41) is 2.11. The van der Waals surface area contributed by atoms with Crippen LogP contribution in [0.1, 0.15) is 28.8 Å². The molecule has 1 aromatic heterocycles. The highest BCUT2D eigenvalue weighted by Crippen LogP contribution is 2.41. The minimum Gasteiger partial charge on any atom is -0.317 e. The van der Waals surface area contributed by atoms with Crippen molar-refractivity contribution >= 4 is 11.3 Å². The second kappa shape index (κ2) is 5.84. The van der Waals surface area contributed by atoms with Crippen LogP contribution in [0.3, 0.4) is 0 Å². The van der Waals surface area contributed by atoms with Crippen molar-refractivity contribution in [3.63, 3.8) is 0 Å². The number of hydrogen-bond acceptors (Lipinski definition) is 2. The minimum absolute atomic E-state index is 0.210. The largest absolute Gasteiger partial charge is 0.317 e. The van der Waals surface area contributed by atoms with Crippen LogP contribution < -0.4 is 5.73 Å². The van der Waals surface area contributed by atoms with Crippen molar-refractivity contribution < 1.29 is 0 Å². The zero-order chi connectivity index (χ0) is 14.7. The quantitative estimate of drug-likeness (QED) is 0.738. The van der Waals surface area contributed by atoms with Crippen LogP contribution in [0.2, 0.25) is 0 Å². The Kier molecular flexibility index (Phi) is 3.91. The molecule has 1 unspecified atom stereocenters. The first-order valence-corrected chi connectivity index (χ1v) is 8.04. The Morgan fingerprint density at radius 3 is 1.76 bits per heavy atom. The molecule has 0 radical (unpaired) electrons. The molecule has 3 rings (SSSR count). The number of rotatable bonds is 4. The van der Waals surface area contributed by atoms with Crippen molar-refractivity contribution in [2.45, 2.75) is 18.4 Å². The molecule has 3 aromatic rings. The van der Waals surface area contributed by atoms with Crippen molar-refractivity contribution in [1.29, 1.82) is 0 Å². The Morgan fingerprint density at radius 1 is 0.810 bits per heavy atom. The highest BCUT2D eigenvalue weighted by atomic mass is 32.1. The monoisotopic (exact) mass is 293 g/mol. The fraction of sp³-hybridized carbons (Fsp3) is 0.158. The van der Waals surface area contributed by atoms with E-state index < -0.39 is 5.54 Å². The average molecular weight is 293 g/mol. The minimum atomic E-state index is -0.520. The highest BCUT2D eigenvalue weighted by Gasteiger charge is 2.36. The lowest BCUT2D eigenvalue weighted by Gasteiger charge is -2.36. The van der Waals surface area contributed by atoms with Crippen molar-refractivity contribution in [3.8, 4) is 0 Å². The number of benzene rings is 2. The van der Waals surface area contributed by atoms with E-state index in [-0.39, 0.29) is 5.92 Å². The molecule has 106 valence electrons. The summed E-state index contributed by atoms with van der Waals surface area (Å²) in [6.07, 6.45) is 0. The second-order valence-corrected chi connectivity index (χ2v) is 6.32. The Morgan fingerprint density at radius 2 is 1.33 bits per heavy atom. The smallest absolute Gasteiger partial charge is 0.0740 e. The molecule has 0 bridgehead atoms. The molecule has 0 fully saturated rings. The lowest BCUT2D eigenvalue weighted by atomic mass is 9.74. The van der Waals surface area contributed by atoms with Gasteiger partial charge in [-0.2, -0.15) is 0 Å². The van der Waals surface area contributed by atoms with Gasteiger partial charge in [-0.3, -0.25) is 0 Å². The summed E-state index contributed by atoms with van der Waals surface area (Å²) in [5.74, 6) is 0.210. The predicted molar refractivity (Wildman–Crippen MR) is 90.6 cm³/mol. The van der Waals surface area contributed by atoms with E-state index in [1.165, 1.54) is 4.88 Å². The molecule has 1 atom stereocenters. The Hall–Kier alpha value is -1.90. The SMILES string of the molecule is CC(c1cccs1)C(N)(c1ccccc1)c1ccccc1. The first kappa shape index (κ1) is 14.1. The first-order valence-electron chi connectivity index (χ1n) is 7.16. The zero-order valence-corrected chi connectivity index (χ0v) is 12.9. The van der Waals surface area contributed by atoms with Crippen LogP contribution in [0.15, 0.2) is 78.2 Å². The summed E-state index contributed by atoms with van der Waals surface area (Å²) in [4.78, 5) is 1.31. The number of thiophene rings is 1. The number of nitrogens with two attached hydrogens (primary N) is 1. The van der Waals surface area contributed by atoms with Crippen LogP contribution in [0.5, 0.6) is 0 Å². The van der Waals surface area contributed by atoms with Gasteiger partial charge in [0.1, 0.15) is 0 Å². The highest BCUT2D eigenvalue weighted by molar-refractivity contribution is 7.10. The molecule has 0 saturated carbocycles. The van der Waals surface area contributed by atoms with E-state index in [1.807, 2.05) is 12.1 Å². The fourth-order valence-electron chi connectivity index (χ4n) is 2.86. The lowest BCUT2D eigenvalue weighted by molar-refractivity contribution is 0.454. The molecule has 0 aliphatic heterocycles. The van der Waals surface area contributed by atoms with Gasteiger partial charge in [-0.25, -0.2) is 0 Å². The third-order valence-corrected chi connectivity index (χ3v) is 5.21. The van der Waals surface area contributed by atoms with E-state index in [2.05, 4.69) is 73.0 Å². The van der Waals surface area contributed by atoms with Gasteiger partial charge in [-0.15, -0.1) is 11.3 Å². The van der Waals surface area contributed by atoms with E-state index in [0.29, 0.717) is 0 Å². The molecular formula is C19H19NS. The maximum Gasteiger partial charge on any atom is 0.0740 e. The van der Waals surface area contributed by atoms with E-state index >= 15 is 0 Å². The molecule has 0 saturated heterocycles. The van der Waals surface area contributed by atoms with Crippen molar-refractivity contribution in [3.05, 3.63) is 94.2 Å². The number of hydrogen-bond donors (Lipinski definition) is 1. The van der Waals surface area contributed by atoms with Gasteiger partial charge in [0.25, 0.3) is 0 Å². The van der Waals surface area contributed by atoms with Gasteiger partial charge >= 0.3 is 0 Å². The van der Waals surface area contributed by atoms with E-state index in [9.17, 15) is 0 Å². The van der Waals surface area contributed by atoms with Crippen LogP contribution in [-0.4, -0.2) is 0 Å². The van der Waals surface area contributed by atoms with Crippen LogP contribution in [0.25, 0.3) is 0 Å². The molecule has 1 heterocycles. The third kappa shape index (κ3) is 2.53. The maximum absolute atomic E-state index is 6.98. The van der Waals surface area contributed by atoms with Crippen molar-refractivity contribution in [2.75, 3.05) is 0 Å². The summed E-state index contributed by atoms with van der Waals surface area (Å²) >= 11 is 1.77. The molecule has 1 nitrogen and oxygen atoms in total. The van der Waals surface area contributed by atoms with Gasteiger partial charge in [0, 0.05) is 10.8 Å². The van der Waals surface area contributed by atoms with E-state index in [4.69, 9.17) is 5.73 Å². The fourth-order valence-corrected chi connectivity index (χ4v) is 3.72. The van der Waals surface area contributed by atoms with Gasteiger partial charge in [-0.05, 0) is 22.6 Å². The summed E-state index contributed by atoms with van der Waals surface area (Å²) in [5.41, 5.74) is 8.76. The summed E-state index contributed by atoms with van der Waals surface area (Å²) < 4.78 is 0. The molecular weight excluding hydrogens is 274 g/mol. The first-order chi connectivity index (χ1) is 10.2. The summed E-state index contributed by atoms with van der Waals surface area (Å²) in [6.45, 7) is 2.21. The zero-order valence-electron chi connectivity index (χ0n) is 12.1. The average Bonchev–Trinajstić information content (AvgIpc) is 3.09. The van der Waals surface area contributed by atoms with Crippen molar-refractivity contribution in [1.82, 2.24) is 0 Å². The predicted octanol–water partition coefficient (Wildman–Crippen LogP) is 4.75. The summed E-state index contributed by atoms with van der Waals surface area (Å²) in [7, 11) is 0. The Labute approximate surface area is 130 Å². The van der Waals surface area contributed by atoms with E-state index in [0.717, 1.165) is 11.1 Å². The molecule has 0 aliphatic rings. The lowest BCUT2D eigenvalue weighted by Crippen LogP contribution is -2.42. The van der Waals surface area contributed by atoms with Gasteiger partial charge in [-0.1, -0.05) is 73.7 Å². The second-order valence-electron chi connectivity index (χ2n) is 5.34. The Bertz CT molecular complexity index is 635. The molecule has 0 amide bonds. The third-order valence-electron chi connectivity index (χ3n) is 4.16. The van der Waals surface area contributed by atoms with Crippen LogP contribution in [-0.2, 0) is 5.54 Å². The van der Waals surface area contributed by atoms with Gasteiger partial charge in [0.15, 0.2) is 0 Å². The topological polar surface area (TPSA) is 26.0 Å². The Balaban J connectivity index is 2.16. The van der Waals surface area contributed by atoms with Crippen LogP contribution in [0.4, 0.5) is 0 Å². The van der Waals surface area contributed by atoms with Crippen molar-refractivity contribution in [2.24, 2.45) is 5.73 Å². The van der Waals surface area contributed by atoms with Gasteiger partial charge in [0.05, 0.1) is 5.54 Å². The van der Waals surface area contributed by atoms with Crippen LogP contribution >= 0.6 is 11.3 Å².